The summed E-state index contributed by atoms with van der Waals surface area (Å²) in [5.41, 5.74) is 10.3. The second kappa shape index (κ2) is 13.6. The molecule has 0 bridgehead atoms. The van der Waals surface area contributed by atoms with Gasteiger partial charge in [-0.1, -0.05) is 48.5 Å². The molecule has 1 amide bonds. The standard InChI is InChI=1S/C31H35N3O5/c1-38-29-9-5-2-6-22(29)12-15-30(37)34-31(32)26(18-23-19-33-27-8-4-3-7-25(23)27)28(36)20-39-24-13-10-21(11-14-24)16-17-35/h2-11,13-14,19,26,31,33,35H,12,15-18,20,32H2,1H3,(H,34,37)/t26?,31-/m1/s1. The maximum atomic E-state index is 13.4. The summed E-state index contributed by atoms with van der Waals surface area (Å²) in [6.45, 7) is -0.117. The number of H-pyrrole nitrogens is 1. The number of nitrogens with one attached hydrogen (secondary N) is 2. The molecule has 8 heteroatoms. The van der Waals surface area contributed by atoms with Crippen molar-refractivity contribution in [2.24, 2.45) is 11.7 Å². The highest BCUT2D eigenvalue weighted by Crippen LogP contribution is 2.23. The van der Waals surface area contributed by atoms with Crippen LogP contribution in [0.1, 0.15) is 23.1 Å². The van der Waals surface area contributed by atoms with Crippen molar-refractivity contribution in [1.82, 2.24) is 10.3 Å². The van der Waals surface area contributed by atoms with E-state index >= 15 is 0 Å². The van der Waals surface area contributed by atoms with Gasteiger partial charge in [-0.05, 0) is 60.2 Å². The van der Waals surface area contributed by atoms with E-state index in [1.165, 1.54) is 0 Å². The zero-order valence-electron chi connectivity index (χ0n) is 22.1. The maximum absolute atomic E-state index is 13.4. The van der Waals surface area contributed by atoms with E-state index < -0.39 is 12.1 Å². The number of carbonyl (C=O) groups excluding carboxylic acids is 2. The number of carbonyl (C=O) groups is 2. The second-order valence-corrected chi connectivity index (χ2v) is 9.45. The average molecular weight is 530 g/mol. The number of para-hydroxylation sites is 2. The number of hydrogen-bond acceptors (Lipinski definition) is 6. The Labute approximate surface area is 228 Å². The van der Waals surface area contributed by atoms with Gasteiger partial charge in [0.25, 0.3) is 0 Å². The van der Waals surface area contributed by atoms with E-state index in [1.54, 1.807) is 19.2 Å². The van der Waals surface area contributed by atoms with E-state index in [2.05, 4.69) is 10.3 Å². The highest BCUT2D eigenvalue weighted by molar-refractivity contribution is 5.87. The lowest BCUT2D eigenvalue weighted by molar-refractivity contribution is -0.127. The molecule has 0 radical (unpaired) electrons. The number of aromatic nitrogens is 1. The first-order valence-corrected chi connectivity index (χ1v) is 13.1. The van der Waals surface area contributed by atoms with E-state index in [9.17, 15) is 9.59 Å². The third kappa shape index (κ3) is 7.46. The van der Waals surface area contributed by atoms with Gasteiger partial charge < -0.3 is 30.6 Å². The van der Waals surface area contributed by atoms with E-state index in [-0.39, 0.29) is 31.3 Å². The minimum absolute atomic E-state index is 0.0662. The lowest BCUT2D eigenvalue weighted by Crippen LogP contribution is -2.51. The van der Waals surface area contributed by atoms with E-state index in [4.69, 9.17) is 20.3 Å². The summed E-state index contributed by atoms with van der Waals surface area (Å²) in [7, 11) is 1.60. The molecule has 2 atom stereocenters. The van der Waals surface area contributed by atoms with Crippen LogP contribution in [0.4, 0.5) is 0 Å². The molecule has 4 rings (SSSR count). The lowest BCUT2D eigenvalue weighted by Gasteiger charge is -2.24. The lowest BCUT2D eigenvalue weighted by atomic mass is 9.92. The van der Waals surface area contributed by atoms with Crippen molar-refractivity contribution >= 4 is 22.6 Å². The molecule has 1 heterocycles. The van der Waals surface area contributed by atoms with Crippen LogP contribution in [-0.2, 0) is 28.9 Å². The van der Waals surface area contributed by atoms with E-state index in [0.29, 0.717) is 25.0 Å². The topological polar surface area (TPSA) is 127 Å². The first-order valence-electron chi connectivity index (χ1n) is 13.1. The highest BCUT2D eigenvalue weighted by atomic mass is 16.5. The van der Waals surface area contributed by atoms with Crippen molar-refractivity contribution in [1.29, 1.82) is 0 Å². The number of benzene rings is 3. The Hall–Kier alpha value is -4.14. The van der Waals surface area contributed by atoms with Crippen molar-refractivity contribution in [3.63, 3.8) is 0 Å². The zero-order chi connectivity index (χ0) is 27.6. The number of aliphatic hydroxyl groups is 1. The van der Waals surface area contributed by atoms with E-state index in [1.807, 2.05) is 66.9 Å². The van der Waals surface area contributed by atoms with Crippen LogP contribution in [0.5, 0.6) is 11.5 Å². The summed E-state index contributed by atoms with van der Waals surface area (Å²) in [6.07, 6.45) is 2.57. The number of hydrogen-bond donors (Lipinski definition) is 4. The van der Waals surface area contributed by atoms with Crippen LogP contribution in [0.15, 0.2) is 79.0 Å². The van der Waals surface area contributed by atoms with Crippen LogP contribution < -0.4 is 20.5 Å². The van der Waals surface area contributed by atoms with Crippen molar-refractivity contribution in [2.75, 3.05) is 20.3 Å². The van der Waals surface area contributed by atoms with E-state index in [0.717, 1.165) is 33.3 Å². The number of aliphatic hydroxyl groups excluding tert-OH is 1. The van der Waals surface area contributed by atoms with Crippen molar-refractivity contribution in [3.8, 4) is 11.5 Å². The summed E-state index contributed by atoms with van der Waals surface area (Å²) in [6, 6.07) is 22.7. The van der Waals surface area contributed by atoms with Gasteiger partial charge in [0.1, 0.15) is 18.1 Å². The van der Waals surface area contributed by atoms with Gasteiger partial charge in [0.2, 0.25) is 5.91 Å². The molecule has 1 aromatic heterocycles. The normalized spacial score (nSPS) is 12.6. The fourth-order valence-corrected chi connectivity index (χ4v) is 4.64. The fourth-order valence-electron chi connectivity index (χ4n) is 4.64. The molecule has 0 saturated carbocycles. The summed E-state index contributed by atoms with van der Waals surface area (Å²) >= 11 is 0. The van der Waals surface area contributed by atoms with Gasteiger partial charge in [-0.2, -0.15) is 0 Å². The molecule has 0 aliphatic carbocycles. The Morgan fingerprint density at radius 3 is 2.49 bits per heavy atom. The molecule has 8 nitrogen and oxygen atoms in total. The number of Topliss-reactive ketones (excluding diaryl/α,β-unsaturated/α-hetero) is 1. The monoisotopic (exact) mass is 529 g/mol. The number of rotatable bonds is 14. The van der Waals surface area contributed by atoms with Crippen LogP contribution in [0.3, 0.4) is 0 Å². The Bertz CT molecular complexity index is 1380. The molecule has 0 aliphatic heterocycles. The van der Waals surface area contributed by atoms with Crippen molar-refractivity contribution in [2.45, 2.75) is 31.8 Å². The molecule has 0 aliphatic rings. The SMILES string of the molecule is COc1ccccc1CCC(=O)N[C@@H](N)C(Cc1c[nH]c2ccccc12)C(=O)COc1ccc(CCO)cc1. The van der Waals surface area contributed by atoms with Crippen LogP contribution in [0, 0.1) is 5.92 Å². The molecule has 0 saturated heterocycles. The predicted molar refractivity (Wildman–Crippen MR) is 151 cm³/mol. The largest absolute Gasteiger partial charge is 0.496 e. The number of amides is 1. The molecule has 5 N–H and O–H groups in total. The summed E-state index contributed by atoms with van der Waals surface area (Å²) in [5.74, 6) is 0.115. The third-order valence-corrected chi connectivity index (χ3v) is 6.81. The van der Waals surface area contributed by atoms with Gasteiger partial charge >= 0.3 is 0 Å². The molecule has 3 aromatic carbocycles. The molecule has 0 fully saturated rings. The number of fused-ring (bicyclic) bond motifs is 1. The summed E-state index contributed by atoms with van der Waals surface area (Å²) in [5, 5.41) is 12.9. The van der Waals surface area contributed by atoms with Crippen LogP contribution in [0.25, 0.3) is 10.9 Å². The number of methoxy groups -OCH3 is 1. The van der Waals surface area contributed by atoms with Gasteiger partial charge in [-0.15, -0.1) is 0 Å². The van der Waals surface area contributed by atoms with Crippen LogP contribution in [0.2, 0.25) is 0 Å². The zero-order valence-corrected chi connectivity index (χ0v) is 22.1. The second-order valence-electron chi connectivity index (χ2n) is 9.45. The quantitative estimate of drug-likeness (QED) is 0.185. The molecular formula is C31H35N3O5. The first kappa shape index (κ1) is 27.9. The smallest absolute Gasteiger partial charge is 0.221 e. The third-order valence-electron chi connectivity index (χ3n) is 6.81. The van der Waals surface area contributed by atoms with Crippen molar-refractivity contribution in [3.05, 3.63) is 95.7 Å². The Balaban J connectivity index is 1.44. The Morgan fingerprint density at radius 1 is 0.974 bits per heavy atom. The Morgan fingerprint density at radius 2 is 1.72 bits per heavy atom. The number of nitrogens with two attached hydrogens (primary N) is 1. The average Bonchev–Trinajstić information content (AvgIpc) is 3.37. The minimum atomic E-state index is -0.896. The highest BCUT2D eigenvalue weighted by Gasteiger charge is 2.28. The van der Waals surface area contributed by atoms with Gasteiger partial charge in [0.05, 0.1) is 19.2 Å². The van der Waals surface area contributed by atoms with Crippen LogP contribution in [-0.4, -0.2) is 48.3 Å². The summed E-state index contributed by atoms with van der Waals surface area (Å²) in [4.78, 5) is 29.5. The van der Waals surface area contributed by atoms with Crippen LogP contribution >= 0.6 is 0 Å². The number of aromatic amines is 1. The number of ketones is 1. The molecular weight excluding hydrogens is 494 g/mol. The molecule has 0 spiro atoms. The number of ether oxygens (including phenoxy) is 2. The molecule has 4 aromatic rings. The molecule has 1 unspecified atom stereocenters. The van der Waals surface area contributed by atoms with Gasteiger partial charge in [0, 0.05) is 30.1 Å². The maximum Gasteiger partial charge on any atom is 0.221 e. The van der Waals surface area contributed by atoms with Crippen molar-refractivity contribution < 1.29 is 24.2 Å². The predicted octanol–water partition coefficient (Wildman–Crippen LogP) is 3.55. The molecule has 39 heavy (non-hydrogen) atoms. The number of aryl methyl sites for hydroxylation is 1. The molecule has 204 valence electrons. The minimum Gasteiger partial charge on any atom is -0.496 e. The van der Waals surface area contributed by atoms with Gasteiger partial charge in [-0.3, -0.25) is 9.59 Å². The fraction of sp³-hybridized carbons (Fsp3) is 0.290. The van der Waals surface area contributed by atoms with Gasteiger partial charge in [0.15, 0.2) is 5.78 Å². The summed E-state index contributed by atoms with van der Waals surface area (Å²) < 4.78 is 11.1. The first-order chi connectivity index (χ1) is 19.0. The Kier molecular flexibility index (Phi) is 9.72. The van der Waals surface area contributed by atoms with Gasteiger partial charge in [-0.25, -0.2) is 0 Å².